The van der Waals surface area contributed by atoms with E-state index in [9.17, 15) is 8.42 Å². The average Bonchev–Trinajstić information content (AvgIpc) is 2.55. The number of nitrogens with zero attached hydrogens (tertiary/aromatic N) is 2. The van der Waals surface area contributed by atoms with Gasteiger partial charge in [-0.15, -0.1) is 24.0 Å². The van der Waals surface area contributed by atoms with Crippen LogP contribution in [0.15, 0.2) is 53.5 Å². The summed E-state index contributed by atoms with van der Waals surface area (Å²) in [6.45, 7) is 1.25. The van der Waals surface area contributed by atoms with Crippen molar-refractivity contribution < 1.29 is 8.42 Å². The van der Waals surface area contributed by atoms with Crippen LogP contribution in [0.4, 0.5) is 5.69 Å². The Balaban J connectivity index is 0.00000364. The Kier molecular flexibility index (Phi) is 9.34. The lowest BCUT2D eigenvalue weighted by Crippen LogP contribution is -2.38. The Hall–Kier alpha value is -1.52. The highest BCUT2D eigenvalue weighted by Gasteiger charge is 2.07. The fourth-order valence-electron chi connectivity index (χ4n) is 2.45. The highest BCUT2D eigenvalue weighted by Crippen LogP contribution is 2.13. The maximum atomic E-state index is 11.2. The summed E-state index contributed by atoms with van der Waals surface area (Å²) >= 11 is 6.03. The van der Waals surface area contributed by atoms with Crippen molar-refractivity contribution in [1.29, 1.82) is 0 Å². The van der Waals surface area contributed by atoms with Gasteiger partial charge in [0.2, 0.25) is 10.0 Å². The van der Waals surface area contributed by atoms with Gasteiger partial charge in [0.25, 0.3) is 0 Å². The van der Waals surface area contributed by atoms with Gasteiger partial charge in [-0.3, -0.25) is 9.71 Å². The molecule has 2 rings (SSSR count). The third kappa shape index (κ3) is 8.35. The van der Waals surface area contributed by atoms with E-state index in [2.05, 4.69) is 15.0 Å². The first kappa shape index (κ1) is 23.5. The van der Waals surface area contributed by atoms with Gasteiger partial charge in [-0.25, -0.2) is 8.42 Å². The molecule has 0 aliphatic rings. The molecule has 0 bridgehead atoms. The summed E-state index contributed by atoms with van der Waals surface area (Å²) in [5, 5.41) is 4.00. The van der Waals surface area contributed by atoms with Crippen LogP contribution in [0.2, 0.25) is 5.02 Å². The van der Waals surface area contributed by atoms with Crippen LogP contribution in [-0.2, 0) is 23.1 Å². The molecule has 0 saturated heterocycles. The number of benzene rings is 2. The summed E-state index contributed by atoms with van der Waals surface area (Å²) in [4.78, 5) is 6.30. The van der Waals surface area contributed by atoms with E-state index < -0.39 is 10.0 Å². The summed E-state index contributed by atoms with van der Waals surface area (Å²) in [7, 11) is 0.421. The Labute approximate surface area is 183 Å². The zero-order valence-electron chi connectivity index (χ0n) is 15.4. The lowest BCUT2D eigenvalue weighted by molar-refractivity contribution is 0.476. The van der Waals surface area contributed by atoms with Crippen molar-refractivity contribution in [1.82, 2.24) is 10.2 Å². The van der Waals surface area contributed by atoms with E-state index >= 15 is 0 Å². The fourth-order valence-corrected chi connectivity index (χ4v) is 3.23. The Bertz CT molecular complexity index is 873. The SMILES string of the molecule is CN=C(NCc1ccc(NS(C)(=O)=O)cc1)N(C)Cc1cccc(Cl)c1.I. The predicted molar refractivity (Wildman–Crippen MR) is 123 cm³/mol. The van der Waals surface area contributed by atoms with Crippen molar-refractivity contribution in [2.75, 3.05) is 25.1 Å². The van der Waals surface area contributed by atoms with E-state index in [0.29, 0.717) is 23.8 Å². The van der Waals surface area contributed by atoms with Crippen molar-refractivity contribution in [3.63, 3.8) is 0 Å². The quantitative estimate of drug-likeness (QED) is 0.346. The molecule has 6 nitrogen and oxygen atoms in total. The first-order valence-electron chi connectivity index (χ1n) is 8.00. The van der Waals surface area contributed by atoms with Crippen molar-refractivity contribution in [2.24, 2.45) is 4.99 Å². The Morgan fingerprint density at radius 3 is 2.37 bits per heavy atom. The average molecular weight is 523 g/mol. The lowest BCUT2D eigenvalue weighted by Gasteiger charge is -2.22. The van der Waals surface area contributed by atoms with Gasteiger partial charge < -0.3 is 10.2 Å². The smallest absolute Gasteiger partial charge is 0.229 e. The van der Waals surface area contributed by atoms with Gasteiger partial charge >= 0.3 is 0 Å². The summed E-state index contributed by atoms with van der Waals surface area (Å²) in [6, 6.07) is 14.9. The van der Waals surface area contributed by atoms with Gasteiger partial charge in [0.15, 0.2) is 5.96 Å². The van der Waals surface area contributed by atoms with Crippen LogP contribution in [0.3, 0.4) is 0 Å². The van der Waals surface area contributed by atoms with Gasteiger partial charge in [0, 0.05) is 37.9 Å². The molecule has 0 aromatic heterocycles. The maximum Gasteiger partial charge on any atom is 0.229 e. The molecule has 0 atom stereocenters. The second-order valence-electron chi connectivity index (χ2n) is 5.96. The molecule has 0 amide bonds. The van der Waals surface area contributed by atoms with Crippen LogP contribution in [0, 0.1) is 0 Å². The highest BCUT2D eigenvalue weighted by atomic mass is 127. The van der Waals surface area contributed by atoms with Gasteiger partial charge in [0.05, 0.1) is 6.26 Å². The lowest BCUT2D eigenvalue weighted by atomic mass is 10.2. The molecule has 148 valence electrons. The maximum absolute atomic E-state index is 11.2. The largest absolute Gasteiger partial charge is 0.352 e. The molecular formula is C18H24ClIN4O2S. The van der Waals surface area contributed by atoms with Crippen LogP contribution in [0.1, 0.15) is 11.1 Å². The third-order valence-corrected chi connectivity index (χ3v) is 4.43. The van der Waals surface area contributed by atoms with E-state index in [-0.39, 0.29) is 24.0 Å². The van der Waals surface area contributed by atoms with Crippen LogP contribution < -0.4 is 10.0 Å². The van der Waals surface area contributed by atoms with E-state index in [1.807, 2.05) is 48.3 Å². The van der Waals surface area contributed by atoms with Gasteiger partial charge in [-0.1, -0.05) is 35.9 Å². The zero-order chi connectivity index (χ0) is 19.2. The normalized spacial score (nSPS) is 11.5. The van der Waals surface area contributed by atoms with Crippen molar-refractivity contribution in [2.45, 2.75) is 13.1 Å². The second-order valence-corrected chi connectivity index (χ2v) is 8.14. The molecule has 9 heteroatoms. The molecule has 2 N–H and O–H groups in total. The van der Waals surface area contributed by atoms with Crippen LogP contribution >= 0.6 is 35.6 Å². The number of anilines is 1. The molecule has 0 unspecified atom stereocenters. The first-order valence-corrected chi connectivity index (χ1v) is 10.3. The van der Waals surface area contributed by atoms with E-state index in [0.717, 1.165) is 23.3 Å². The molecular weight excluding hydrogens is 499 g/mol. The zero-order valence-corrected chi connectivity index (χ0v) is 19.3. The second kappa shape index (κ2) is 10.7. The van der Waals surface area contributed by atoms with Crippen molar-refractivity contribution in [3.8, 4) is 0 Å². The number of aliphatic imine (C=N–C) groups is 1. The standard InChI is InChI=1S/C18H23ClN4O2S.HI/c1-20-18(23(2)13-15-5-4-6-16(19)11-15)21-12-14-7-9-17(10-8-14)22-26(3,24)25;/h4-11,22H,12-13H2,1-3H3,(H,20,21);1H. The fraction of sp³-hybridized carbons (Fsp3) is 0.278. The molecule has 2 aromatic rings. The molecule has 0 fully saturated rings. The number of hydrogen-bond acceptors (Lipinski definition) is 3. The first-order chi connectivity index (χ1) is 12.3. The summed E-state index contributed by atoms with van der Waals surface area (Å²) < 4.78 is 24.9. The minimum absolute atomic E-state index is 0. The number of sulfonamides is 1. The van der Waals surface area contributed by atoms with Crippen LogP contribution in [-0.4, -0.2) is 39.6 Å². The van der Waals surface area contributed by atoms with Gasteiger partial charge in [0.1, 0.15) is 0 Å². The monoisotopic (exact) mass is 522 g/mol. The summed E-state index contributed by atoms with van der Waals surface area (Å²) in [6.07, 6.45) is 1.13. The summed E-state index contributed by atoms with van der Waals surface area (Å²) in [5.41, 5.74) is 2.65. The number of guanidine groups is 1. The van der Waals surface area contributed by atoms with Crippen LogP contribution in [0.25, 0.3) is 0 Å². The van der Waals surface area contributed by atoms with Gasteiger partial charge in [-0.05, 0) is 35.4 Å². The van der Waals surface area contributed by atoms with E-state index in [1.54, 1.807) is 19.2 Å². The Morgan fingerprint density at radius 1 is 1.15 bits per heavy atom. The van der Waals surface area contributed by atoms with E-state index in [1.165, 1.54) is 0 Å². The molecule has 0 aliphatic carbocycles. The number of halogens is 2. The highest BCUT2D eigenvalue weighted by molar-refractivity contribution is 14.0. The molecule has 0 heterocycles. The van der Waals surface area contributed by atoms with E-state index in [4.69, 9.17) is 11.6 Å². The van der Waals surface area contributed by atoms with Crippen LogP contribution in [0.5, 0.6) is 0 Å². The molecule has 0 radical (unpaired) electrons. The molecule has 0 saturated carbocycles. The molecule has 27 heavy (non-hydrogen) atoms. The number of rotatable bonds is 6. The molecule has 0 aliphatic heterocycles. The number of nitrogens with one attached hydrogen (secondary N) is 2. The summed E-state index contributed by atoms with van der Waals surface area (Å²) in [5.74, 6) is 0.753. The van der Waals surface area contributed by atoms with Crippen molar-refractivity contribution >= 4 is 57.2 Å². The number of hydrogen-bond donors (Lipinski definition) is 2. The topological polar surface area (TPSA) is 73.8 Å². The van der Waals surface area contributed by atoms with Crippen molar-refractivity contribution in [3.05, 3.63) is 64.7 Å². The minimum Gasteiger partial charge on any atom is -0.352 e. The molecule has 2 aromatic carbocycles. The minimum atomic E-state index is -3.26. The Morgan fingerprint density at radius 2 is 1.81 bits per heavy atom. The predicted octanol–water partition coefficient (Wildman–Crippen LogP) is 3.54. The third-order valence-electron chi connectivity index (χ3n) is 3.59. The van der Waals surface area contributed by atoms with Gasteiger partial charge in [-0.2, -0.15) is 0 Å². The molecule has 0 spiro atoms.